The Kier molecular flexibility index (Phi) is 3.78. The van der Waals surface area contributed by atoms with Crippen LogP contribution in [0.4, 0.5) is 0 Å². The Balaban J connectivity index is 2.13. The fourth-order valence-corrected chi connectivity index (χ4v) is 2.02. The van der Waals surface area contributed by atoms with Crippen LogP contribution in [0.5, 0.6) is 0 Å². The smallest absolute Gasteiger partial charge is 0.254 e. The van der Waals surface area contributed by atoms with Gasteiger partial charge in [0.05, 0.1) is 6.54 Å². The van der Waals surface area contributed by atoms with Gasteiger partial charge in [-0.3, -0.25) is 9.59 Å². The van der Waals surface area contributed by atoms with E-state index in [1.165, 1.54) is 0 Å². The molecule has 0 aromatic heterocycles. The van der Waals surface area contributed by atoms with Crippen molar-refractivity contribution in [3.63, 3.8) is 0 Å². The highest BCUT2D eigenvalue weighted by molar-refractivity contribution is 9.10. The predicted molar refractivity (Wildman–Crippen MR) is 67.7 cm³/mol. The number of amides is 2. The van der Waals surface area contributed by atoms with E-state index in [-0.39, 0.29) is 18.4 Å². The summed E-state index contributed by atoms with van der Waals surface area (Å²) in [6, 6.07) is 7.17. The molecular formula is C12H13BrN2O2. The number of hydrogen-bond donors (Lipinski definition) is 1. The molecular weight excluding hydrogens is 284 g/mol. The standard InChI is InChI=1S/C12H13BrN2O2/c13-10-4-2-9(3-5-10)12(17)15-7-1-6-14-11(16)8-15/h2-5H,1,6-8H2,(H,14,16). The van der Waals surface area contributed by atoms with Crippen LogP contribution in [0, 0.1) is 0 Å². The Bertz CT molecular complexity index is 431. The van der Waals surface area contributed by atoms with Crippen molar-refractivity contribution >= 4 is 27.7 Å². The Labute approximate surface area is 108 Å². The number of nitrogens with zero attached hydrogens (tertiary/aromatic N) is 1. The lowest BCUT2D eigenvalue weighted by molar-refractivity contribution is -0.121. The summed E-state index contributed by atoms with van der Waals surface area (Å²) in [6.07, 6.45) is 0.800. The Morgan fingerprint density at radius 3 is 2.71 bits per heavy atom. The number of carbonyl (C=O) groups excluding carboxylic acids is 2. The van der Waals surface area contributed by atoms with Crippen LogP contribution < -0.4 is 5.32 Å². The maximum atomic E-state index is 12.1. The van der Waals surface area contributed by atoms with Crippen LogP contribution in [0.2, 0.25) is 0 Å². The summed E-state index contributed by atoms with van der Waals surface area (Å²) in [5.41, 5.74) is 0.614. The van der Waals surface area contributed by atoms with Crippen molar-refractivity contribution in [2.45, 2.75) is 6.42 Å². The average Bonchev–Trinajstić information content (AvgIpc) is 2.54. The van der Waals surface area contributed by atoms with Gasteiger partial charge in [0, 0.05) is 23.1 Å². The van der Waals surface area contributed by atoms with Crippen molar-refractivity contribution in [3.05, 3.63) is 34.3 Å². The highest BCUT2D eigenvalue weighted by Crippen LogP contribution is 2.13. The first-order chi connectivity index (χ1) is 8.16. The van der Waals surface area contributed by atoms with E-state index in [9.17, 15) is 9.59 Å². The Morgan fingerprint density at radius 2 is 2.00 bits per heavy atom. The number of rotatable bonds is 1. The zero-order valence-electron chi connectivity index (χ0n) is 9.28. The second-order valence-corrected chi connectivity index (χ2v) is 4.85. The second kappa shape index (κ2) is 5.31. The van der Waals surface area contributed by atoms with Gasteiger partial charge in [-0.05, 0) is 30.7 Å². The first kappa shape index (κ1) is 12.1. The molecule has 0 atom stereocenters. The van der Waals surface area contributed by atoms with Gasteiger partial charge in [0.2, 0.25) is 5.91 Å². The molecule has 2 amide bonds. The van der Waals surface area contributed by atoms with Gasteiger partial charge in [-0.15, -0.1) is 0 Å². The van der Waals surface area contributed by atoms with E-state index in [1.54, 1.807) is 17.0 Å². The van der Waals surface area contributed by atoms with E-state index in [0.29, 0.717) is 18.7 Å². The largest absolute Gasteiger partial charge is 0.354 e. The van der Waals surface area contributed by atoms with E-state index in [0.717, 1.165) is 10.9 Å². The fraction of sp³-hybridized carbons (Fsp3) is 0.333. The predicted octanol–water partition coefficient (Wildman–Crippen LogP) is 1.41. The first-order valence-corrected chi connectivity index (χ1v) is 6.27. The average molecular weight is 297 g/mol. The van der Waals surface area contributed by atoms with Crippen LogP contribution in [0.25, 0.3) is 0 Å². The lowest BCUT2D eigenvalue weighted by atomic mass is 10.2. The third kappa shape index (κ3) is 3.06. The maximum absolute atomic E-state index is 12.1. The van der Waals surface area contributed by atoms with Gasteiger partial charge in [0.1, 0.15) is 0 Å². The molecule has 1 aliphatic heterocycles. The molecule has 1 heterocycles. The first-order valence-electron chi connectivity index (χ1n) is 5.48. The molecule has 1 aromatic carbocycles. The topological polar surface area (TPSA) is 49.4 Å². The SMILES string of the molecule is O=C1CN(C(=O)c2ccc(Br)cc2)CCCN1. The van der Waals surface area contributed by atoms with Crippen molar-refractivity contribution in [1.29, 1.82) is 0 Å². The molecule has 1 aromatic rings. The highest BCUT2D eigenvalue weighted by atomic mass is 79.9. The summed E-state index contributed by atoms with van der Waals surface area (Å²) >= 11 is 3.32. The van der Waals surface area contributed by atoms with Gasteiger partial charge in [0.15, 0.2) is 0 Å². The van der Waals surface area contributed by atoms with E-state index in [2.05, 4.69) is 21.2 Å². The number of carbonyl (C=O) groups is 2. The van der Waals surface area contributed by atoms with Crippen molar-refractivity contribution < 1.29 is 9.59 Å². The van der Waals surface area contributed by atoms with Crippen LogP contribution in [0.1, 0.15) is 16.8 Å². The van der Waals surface area contributed by atoms with Crippen LogP contribution in [-0.4, -0.2) is 36.3 Å². The maximum Gasteiger partial charge on any atom is 0.254 e. The molecule has 1 fully saturated rings. The quantitative estimate of drug-likeness (QED) is 0.852. The third-order valence-corrected chi connectivity index (χ3v) is 3.17. The Morgan fingerprint density at radius 1 is 1.29 bits per heavy atom. The van der Waals surface area contributed by atoms with Crippen LogP contribution in [0.15, 0.2) is 28.7 Å². The minimum absolute atomic E-state index is 0.0884. The molecule has 0 spiro atoms. The summed E-state index contributed by atoms with van der Waals surface area (Å²) in [6.45, 7) is 1.41. The van der Waals surface area contributed by atoms with Crippen molar-refractivity contribution in [1.82, 2.24) is 10.2 Å². The molecule has 0 bridgehead atoms. The highest BCUT2D eigenvalue weighted by Gasteiger charge is 2.20. The van der Waals surface area contributed by atoms with Gasteiger partial charge in [-0.25, -0.2) is 0 Å². The molecule has 17 heavy (non-hydrogen) atoms. The number of hydrogen-bond acceptors (Lipinski definition) is 2. The lowest BCUT2D eigenvalue weighted by Crippen LogP contribution is -2.37. The van der Waals surface area contributed by atoms with Gasteiger partial charge < -0.3 is 10.2 Å². The van der Waals surface area contributed by atoms with E-state index < -0.39 is 0 Å². The molecule has 0 unspecified atom stereocenters. The van der Waals surface area contributed by atoms with Crippen LogP contribution in [-0.2, 0) is 4.79 Å². The van der Waals surface area contributed by atoms with Gasteiger partial charge in [0.25, 0.3) is 5.91 Å². The fourth-order valence-electron chi connectivity index (χ4n) is 1.75. The molecule has 0 saturated carbocycles. The lowest BCUT2D eigenvalue weighted by Gasteiger charge is -2.18. The molecule has 2 rings (SSSR count). The zero-order valence-corrected chi connectivity index (χ0v) is 10.9. The summed E-state index contributed by atoms with van der Waals surface area (Å²) in [5, 5.41) is 2.75. The van der Waals surface area contributed by atoms with Crippen LogP contribution in [0.3, 0.4) is 0 Å². The second-order valence-electron chi connectivity index (χ2n) is 3.94. The molecule has 0 radical (unpaired) electrons. The summed E-state index contributed by atoms with van der Waals surface area (Å²) < 4.78 is 0.933. The molecule has 0 aliphatic carbocycles. The third-order valence-electron chi connectivity index (χ3n) is 2.64. The van der Waals surface area contributed by atoms with Gasteiger partial charge in [-0.1, -0.05) is 15.9 Å². The minimum Gasteiger partial charge on any atom is -0.354 e. The molecule has 4 nitrogen and oxygen atoms in total. The van der Waals surface area contributed by atoms with E-state index in [4.69, 9.17) is 0 Å². The van der Waals surface area contributed by atoms with Crippen molar-refractivity contribution in [3.8, 4) is 0 Å². The minimum atomic E-state index is -0.0899. The summed E-state index contributed by atoms with van der Waals surface area (Å²) in [4.78, 5) is 25.1. The van der Waals surface area contributed by atoms with Gasteiger partial charge >= 0.3 is 0 Å². The molecule has 1 N–H and O–H groups in total. The van der Waals surface area contributed by atoms with Crippen LogP contribution >= 0.6 is 15.9 Å². The number of nitrogens with one attached hydrogen (secondary N) is 1. The molecule has 5 heteroatoms. The zero-order chi connectivity index (χ0) is 12.3. The van der Waals surface area contributed by atoms with E-state index >= 15 is 0 Å². The molecule has 1 saturated heterocycles. The number of halogens is 1. The monoisotopic (exact) mass is 296 g/mol. The summed E-state index contributed by atoms with van der Waals surface area (Å²) in [7, 11) is 0. The summed E-state index contributed by atoms with van der Waals surface area (Å²) in [5.74, 6) is -0.178. The molecule has 1 aliphatic rings. The normalized spacial score (nSPS) is 16.3. The Hall–Kier alpha value is -1.36. The number of benzene rings is 1. The van der Waals surface area contributed by atoms with Gasteiger partial charge in [-0.2, -0.15) is 0 Å². The molecule has 90 valence electrons. The van der Waals surface area contributed by atoms with Crippen molar-refractivity contribution in [2.75, 3.05) is 19.6 Å². The van der Waals surface area contributed by atoms with E-state index in [1.807, 2.05) is 12.1 Å². The van der Waals surface area contributed by atoms with Crippen molar-refractivity contribution in [2.24, 2.45) is 0 Å².